The van der Waals surface area contributed by atoms with Crippen molar-refractivity contribution in [1.82, 2.24) is 9.97 Å². The first kappa shape index (κ1) is 9.95. The number of rotatable bonds is 0. The summed E-state index contributed by atoms with van der Waals surface area (Å²) in [5, 5.41) is 0.576. The number of nitrogens with zero attached hydrogens (tertiary/aromatic N) is 2. The molecule has 0 aromatic carbocycles. The van der Waals surface area contributed by atoms with E-state index in [2.05, 4.69) is 9.97 Å². The minimum atomic E-state index is 0. The van der Waals surface area contributed by atoms with Crippen LogP contribution in [0.1, 0.15) is 5.69 Å². The van der Waals surface area contributed by atoms with Crippen LogP contribution in [0.3, 0.4) is 0 Å². The van der Waals surface area contributed by atoms with E-state index in [0.717, 1.165) is 5.69 Å². The zero-order chi connectivity index (χ0) is 6.85. The Balaban J connectivity index is 0.000000810. The molecule has 0 bridgehead atoms. The van der Waals surface area contributed by atoms with Gasteiger partial charge in [-0.15, -0.1) is 12.4 Å². The molecule has 0 saturated carbocycles. The van der Waals surface area contributed by atoms with Crippen molar-refractivity contribution in [3.05, 3.63) is 22.2 Å². The Morgan fingerprint density at radius 2 is 1.90 bits per heavy atom. The Labute approximate surface area is 75.0 Å². The molecular formula is C5H5Cl3N2. The molecule has 56 valence electrons. The highest BCUT2D eigenvalue weighted by molar-refractivity contribution is 6.31. The molecule has 0 aliphatic heterocycles. The molecule has 5 heteroatoms. The molecular weight excluding hydrogens is 194 g/mol. The van der Waals surface area contributed by atoms with Crippen molar-refractivity contribution < 1.29 is 0 Å². The fraction of sp³-hybridized carbons (Fsp3) is 0.200. The molecule has 10 heavy (non-hydrogen) atoms. The lowest BCUT2D eigenvalue weighted by atomic mass is 10.5. The van der Waals surface area contributed by atoms with E-state index in [-0.39, 0.29) is 17.7 Å². The van der Waals surface area contributed by atoms with Crippen molar-refractivity contribution in [3.63, 3.8) is 0 Å². The number of hydrogen-bond donors (Lipinski definition) is 0. The van der Waals surface area contributed by atoms with Crippen molar-refractivity contribution >= 4 is 35.6 Å². The molecule has 1 aromatic rings. The van der Waals surface area contributed by atoms with E-state index in [4.69, 9.17) is 23.2 Å². The lowest BCUT2D eigenvalue weighted by Crippen LogP contribution is -1.85. The third kappa shape index (κ3) is 2.69. The van der Waals surface area contributed by atoms with E-state index < -0.39 is 0 Å². The number of aryl methyl sites for hydroxylation is 1. The van der Waals surface area contributed by atoms with Gasteiger partial charge in [0.2, 0.25) is 5.28 Å². The van der Waals surface area contributed by atoms with Crippen LogP contribution in [0.15, 0.2) is 6.07 Å². The topological polar surface area (TPSA) is 25.8 Å². The third-order valence-corrected chi connectivity index (χ3v) is 1.16. The van der Waals surface area contributed by atoms with Crippen LogP contribution in [0.5, 0.6) is 0 Å². The highest BCUT2D eigenvalue weighted by Crippen LogP contribution is 2.08. The van der Waals surface area contributed by atoms with Crippen molar-refractivity contribution in [2.75, 3.05) is 0 Å². The zero-order valence-corrected chi connectivity index (χ0v) is 7.46. The maximum absolute atomic E-state index is 5.51. The molecule has 0 unspecified atom stereocenters. The lowest BCUT2D eigenvalue weighted by molar-refractivity contribution is 1.10. The van der Waals surface area contributed by atoms with E-state index in [9.17, 15) is 0 Å². The van der Waals surface area contributed by atoms with E-state index >= 15 is 0 Å². The highest BCUT2D eigenvalue weighted by atomic mass is 35.5. The molecule has 0 atom stereocenters. The summed E-state index contributed by atoms with van der Waals surface area (Å²) in [4.78, 5) is 7.46. The molecule has 0 fully saturated rings. The molecule has 0 spiro atoms. The minimum Gasteiger partial charge on any atom is -0.223 e. The Kier molecular flexibility index (Phi) is 3.94. The number of aromatic nitrogens is 2. The summed E-state index contributed by atoms with van der Waals surface area (Å²) in [7, 11) is 0. The summed E-state index contributed by atoms with van der Waals surface area (Å²) in [5.74, 6) is 0. The number of halogens is 3. The summed E-state index contributed by atoms with van der Waals surface area (Å²) in [6.45, 7) is 1.80. The standard InChI is InChI=1S/C5H4Cl2N2.ClH/c1-3-2-4(6)9-5(7)8-3;/h2H,1H3;1H. The van der Waals surface area contributed by atoms with Gasteiger partial charge in [-0.3, -0.25) is 0 Å². The zero-order valence-electron chi connectivity index (χ0n) is 5.14. The quantitative estimate of drug-likeness (QED) is 0.474. The molecule has 0 aliphatic carbocycles. The Morgan fingerprint density at radius 3 is 2.30 bits per heavy atom. The van der Waals surface area contributed by atoms with Gasteiger partial charge in [-0.05, 0) is 24.6 Å². The van der Waals surface area contributed by atoms with Crippen LogP contribution < -0.4 is 0 Å². The molecule has 2 nitrogen and oxygen atoms in total. The van der Waals surface area contributed by atoms with Gasteiger partial charge < -0.3 is 0 Å². The first-order chi connectivity index (χ1) is 4.18. The summed E-state index contributed by atoms with van der Waals surface area (Å²) >= 11 is 11.0. The van der Waals surface area contributed by atoms with Crippen molar-refractivity contribution in [1.29, 1.82) is 0 Å². The van der Waals surface area contributed by atoms with Gasteiger partial charge in [0.25, 0.3) is 0 Å². The third-order valence-electron chi connectivity index (χ3n) is 0.796. The van der Waals surface area contributed by atoms with Crippen LogP contribution in [0.25, 0.3) is 0 Å². The van der Waals surface area contributed by atoms with Crippen LogP contribution >= 0.6 is 35.6 Å². The molecule has 0 saturated heterocycles. The molecule has 0 aliphatic rings. The van der Waals surface area contributed by atoms with Gasteiger partial charge in [0.1, 0.15) is 5.15 Å². The maximum Gasteiger partial charge on any atom is 0.223 e. The summed E-state index contributed by atoms with van der Waals surface area (Å²) in [6.07, 6.45) is 0. The first-order valence-electron chi connectivity index (χ1n) is 2.35. The van der Waals surface area contributed by atoms with Crippen LogP contribution in [-0.4, -0.2) is 9.97 Å². The van der Waals surface area contributed by atoms with E-state index in [0.29, 0.717) is 5.15 Å². The second-order valence-electron chi connectivity index (χ2n) is 1.60. The minimum absolute atomic E-state index is 0. The predicted octanol–water partition coefficient (Wildman–Crippen LogP) is 2.51. The van der Waals surface area contributed by atoms with Crippen LogP contribution in [0.4, 0.5) is 0 Å². The molecule has 0 radical (unpaired) electrons. The van der Waals surface area contributed by atoms with Crippen molar-refractivity contribution in [2.24, 2.45) is 0 Å². The molecule has 1 rings (SSSR count). The van der Waals surface area contributed by atoms with E-state index in [1.807, 2.05) is 0 Å². The number of hydrogen-bond acceptors (Lipinski definition) is 2. The van der Waals surface area contributed by atoms with Crippen LogP contribution in [-0.2, 0) is 0 Å². The average Bonchev–Trinajstić information content (AvgIpc) is 1.59. The highest BCUT2D eigenvalue weighted by Gasteiger charge is 1.94. The second kappa shape index (κ2) is 3.96. The van der Waals surface area contributed by atoms with Crippen molar-refractivity contribution in [2.45, 2.75) is 6.92 Å². The van der Waals surface area contributed by atoms with Gasteiger partial charge in [0.15, 0.2) is 0 Å². The molecule has 1 heterocycles. The van der Waals surface area contributed by atoms with Crippen LogP contribution in [0, 0.1) is 6.92 Å². The fourth-order valence-corrected chi connectivity index (χ4v) is 1.00. The first-order valence-corrected chi connectivity index (χ1v) is 3.11. The lowest BCUT2D eigenvalue weighted by Gasteiger charge is -1.91. The van der Waals surface area contributed by atoms with Gasteiger partial charge in [-0.2, -0.15) is 0 Å². The maximum atomic E-state index is 5.51. The normalized spacial score (nSPS) is 8.70. The van der Waals surface area contributed by atoms with Gasteiger partial charge in [0, 0.05) is 5.69 Å². The molecule has 0 amide bonds. The average molecular weight is 199 g/mol. The SMILES string of the molecule is Cc1cc(Cl)nc(Cl)n1.Cl. The Bertz CT molecular complexity index is 176. The Hall–Kier alpha value is -0.0500. The van der Waals surface area contributed by atoms with E-state index in [1.165, 1.54) is 0 Å². The van der Waals surface area contributed by atoms with Crippen molar-refractivity contribution in [3.8, 4) is 0 Å². The largest absolute Gasteiger partial charge is 0.223 e. The van der Waals surface area contributed by atoms with E-state index in [1.54, 1.807) is 13.0 Å². The molecule has 0 N–H and O–H groups in total. The van der Waals surface area contributed by atoms with Gasteiger partial charge in [-0.25, -0.2) is 9.97 Å². The molecule has 1 aromatic heterocycles. The summed E-state index contributed by atoms with van der Waals surface area (Å²) in [6, 6.07) is 1.65. The van der Waals surface area contributed by atoms with Gasteiger partial charge in [-0.1, -0.05) is 11.6 Å². The summed E-state index contributed by atoms with van der Waals surface area (Å²) < 4.78 is 0. The second-order valence-corrected chi connectivity index (χ2v) is 2.33. The predicted molar refractivity (Wildman–Crippen MR) is 44.0 cm³/mol. The smallest absolute Gasteiger partial charge is 0.223 e. The summed E-state index contributed by atoms with van der Waals surface area (Å²) in [5.41, 5.74) is 0.778. The van der Waals surface area contributed by atoms with Gasteiger partial charge in [0.05, 0.1) is 0 Å². The fourth-order valence-electron chi connectivity index (χ4n) is 0.496. The monoisotopic (exact) mass is 198 g/mol. The van der Waals surface area contributed by atoms with Crippen LogP contribution in [0.2, 0.25) is 10.4 Å². The Morgan fingerprint density at radius 1 is 1.30 bits per heavy atom. The van der Waals surface area contributed by atoms with Gasteiger partial charge >= 0.3 is 0 Å².